The molecule has 0 atom stereocenters. The van der Waals surface area contributed by atoms with Gasteiger partial charge in [0.2, 0.25) is 0 Å². The Morgan fingerprint density at radius 3 is 1.77 bits per heavy atom. The summed E-state index contributed by atoms with van der Waals surface area (Å²) >= 11 is 3.30. The Morgan fingerprint density at radius 2 is 1.27 bits per heavy atom. The van der Waals surface area contributed by atoms with Crippen LogP contribution in [0.1, 0.15) is 0 Å². The van der Waals surface area contributed by atoms with E-state index in [1.165, 1.54) is 0 Å². The fourth-order valence-corrected chi connectivity index (χ4v) is 4.96. The smallest absolute Gasteiger partial charge is 0.191 e. The van der Waals surface area contributed by atoms with Crippen LogP contribution < -0.4 is 10.1 Å². The maximum absolute atomic E-state index is 12.2. The number of thioether (sulfide) groups is 2. The summed E-state index contributed by atoms with van der Waals surface area (Å²) in [5, 5.41) is 3.24. The SMILES string of the molecule is O=[P+](ON1CSc2ccccc21)ON1CSc2ccccc21. The van der Waals surface area contributed by atoms with Crippen LogP contribution in [-0.2, 0) is 13.8 Å². The largest absolute Gasteiger partial charge is 0.746 e. The standard InChI is InChI=1S/C14H12N2O3PS2/c17-20(18-15-9-21-13-7-3-1-5-11(13)15)19-16-10-22-14-8-4-2-6-12(14)16/h1-8H,9-10H2/q+1. The Labute approximate surface area is 137 Å². The lowest BCUT2D eigenvalue weighted by Crippen LogP contribution is -2.20. The average molecular weight is 351 g/mol. The molecule has 0 amide bonds. The van der Waals surface area contributed by atoms with E-state index in [1.54, 1.807) is 33.7 Å². The molecule has 0 aromatic heterocycles. The van der Waals surface area contributed by atoms with Gasteiger partial charge < -0.3 is 0 Å². The molecule has 2 aromatic rings. The Hall–Kier alpha value is -1.24. The van der Waals surface area contributed by atoms with E-state index in [0.29, 0.717) is 11.8 Å². The van der Waals surface area contributed by atoms with Crippen LogP contribution in [0, 0.1) is 0 Å². The van der Waals surface area contributed by atoms with Gasteiger partial charge in [0.25, 0.3) is 0 Å². The Morgan fingerprint density at radius 1 is 0.818 bits per heavy atom. The van der Waals surface area contributed by atoms with E-state index >= 15 is 0 Å². The highest BCUT2D eigenvalue weighted by molar-refractivity contribution is 8.00. The Kier molecular flexibility index (Phi) is 3.98. The van der Waals surface area contributed by atoms with E-state index < -0.39 is 8.25 Å². The molecule has 0 saturated heterocycles. The molecular weight excluding hydrogens is 339 g/mol. The normalized spacial score (nSPS) is 15.8. The fourth-order valence-electron chi connectivity index (χ4n) is 2.28. The van der Waals surface area contributed by atoms with Gasteiger partial charge in [0.15, 0.2) is 0 Å². The van der Waals surface area contributed by atoms with Crippen molar-refractivity contribution in [1.29, 1.82) is 0 Å². The molecule has 112 valence electrons. The minimum atomic E-state index is -2.28. The molecule has 0 spiro atoms. The molecule has 22 heavy (non-hydrogen) atoms. The lowest BCUT2D eigenvalue weighted by molar-refractivity contribution is 0.209. The van der Waals surface area contributed by atoms with Crippen molar-refractivity contribution in [1.82, 2.24) is 0 Å². The zero-order valence-corrected chi connectivity index (χ0v) is 13.9. The minimum Gasteiger partial charge on any atom is -0.191 e. The second-order valence-electron chi connectivity index (χ2n) is 4.63. The van der Waals surface area contributed by atoms with E-state index in [2.05, 4.69) is 0 Å². The van der Waals surface area contributed by atoms with Gasteiger partial charge in [-0.05, 0) is 24.3 Å². The van der Waals surface area contributed by atoms with Crippen LogP contribution in [0.4, 0.5) is 11.4 Å². The third-order valence-electron chi connectivity index (χ3n) is 3.27. The summed E-state index contributed by atoms with van der Waals surface area (Å²) in [5.41, 5.74) is 1.85. The van der Waals surface area contributed by atoms with Crippen LogP contribution >= 0.6 is 31.8 Å². The number of nitrogens with zero attached hydrogens (tertiary/aromatic N) is 2. The molecule has 0 fully saturated rings. The molecule has 0 unspecified atom stereocenters. The minimum absolute atomic E-state index is 0.606. The van der Waals surface area contributed by atoms with Crippen LogP contribution in [0.25, 0.3) is 0 Å². The van der Waals surface area contributed by atoms with Crippen molar-refractivity contribution in [2.45, 2.75) is 9.79 Å². The third kappa shape index (κ3) is 2.71. The first-order valence-corrected chi connectivity index (χ1v) is 9.70. The molecule has 0 radical (unpaired) electrons. The highest BCUT2D eigenvalue weighted by Gasteiger charge is 2.36. The van der Waals surface area contributed by atoms with Gasteiger partial charge in [0.05, 0.1) is 11.4 Å². The summed E-state index contributed by atoms with van der Waals surface area (Å²) in [7, 11) is -2.28. The summed E-state index contributed by atoms with van der Waals surface area (Å²) in [6, 6.07) is 15.7. The van der Waals surface area contributed by atoms with E-state index in [0.717, 1.165) is 21.2 Å². The van der Waals surface area contributed by atoms with Crippen LogP contribution in [0.2, 0.25) is 0 Å². The number of hydrogen-bond donors (Lipinski definition) is 0. The lowest BCUT2D eigenvalue weighted by atomic mass is 10.3. The molecule has 2 aliphatic heterocycles. The monoisotopic (exact) mass is 351 g/mol. The highest BCUT2D eigenvalue weighted by atomic mass is 32.2. The molecule has 0 saturated carbocycles. The van der Waals surface area contributed by atoms with Crippen molar-refractivity contribution in [2.75, 3.05) is 21.9 Å². The van der Waals surface area contributed by atoms with Gasteiger partial charge in [-0.1, -0.05) is 47.8 Å². The van der Waals surface area contributed by atoms with Gasteiger partial charge in [-0.3, -0.25) is 0 Å². The maximum atomic E-state index is 12.2. The fraction of sp³-hybridized carbons (Fsp3) is 0.143. The zero-order chi connectivity index (χ0) is 14.9. The van der Waals surface area contributed by atoms with Gasteiger partial charge >= 0.3 is 8.25 Å². The quantitative estimate of drug-likeness (QED) is 0.743. The Bertz CT molecular complexity index is 671. The van der Waals surface area contributed by atoms with Crippen molar-refractivity contribution in [3.05, 3.63) is 48.5 Å². The first-order chi connectivity index (χ1) is 10.8. The summed E-state index contributed by atoms with van der Waals surface area (Å²) < 4.78 is 23.1. The van der Waals surface area contributed by atoms with E-state index in [4.69, 9.17) is 9.25 Å². The molecule has 5 nitrogen and oxygen atoms in total. The second-order valence-corrected chi connectivity index (χ2v) is 7.37. The molecule has 2 heterocycles. The van der Waals surface area contributed by atoms with E-state index in [1.807, 2.05) is 48.5 Å². The topological polar surface area (TPSA) is 42.0 Å². The number of benzene rings is 2. The predicted molar refractivity (Wildman–Crippen MR) is 89.1 cm³/mol. The van der Waals surface area contributed by atoms with Crippen LogP contribution in [0.15, 0.2) is 58.3 Å². The summed E-state index contributed by atoms with van der Waals surface area (Å²) in [5.74, 6) is 1.21. The summed E-state index contributed by atoms with van der Waals surface area (Å²) in [6.45, 7) is 0. The molecule has 2 aliphatic rings. The van der Waals surface area contributed by atoms with Gasteiger partial charge in [-0.2, -0.15) is 10.1 Å². The summed E-state index contributed by atoms with van der Waals surface area (Å²) in [4.78, 5) is 2.24. The second kappa shape index (κ2) is 6.10. The number of fused-ring (bicyclic) bond motifs is 2. The molecule has 0 aliphatic carbocycles. The highest BCUT2D eigenvalue weighted by Crippen LogP contribution is 2.45. The van der Waals surface area contributed by atoms with Gasteiger partial charge in [-0.25, -0.2) is 0 Å². The van der Waals surface area contributed by atoms with Crippen LogP contribution in [0.5, 0.6) is 0 Å². The molecule has 2 aromatic carbocycles. The molecule has 4 rings (SSSR count). The summed E-state index contributed by atoms with van der Waals surface area (Å²) in [6.07, 6.45) is 0. The predicted octanol–water partition coefficient (Wildman–Crippen LogP) is 4.65. The number of rotatable bonds is 4. The molecule has 0 N–H and O–H groups in total. The van der Waals surface area contributed by atoms with Crippen molar-refractivity contribution < 1.29 is 13.8 Å². The van der Waals surface area contributed by atoms with Crippen molar-refractivity contribution in [3.63, 3.8) is 0 Å². The van der Waals surface area contributed by atoms with Crippen LogP contribution in [-0.4, -0.2) is 11.8 Å². The molecule has 8 heteroatoms. The number of para-hydroxylation sites is 2. The number of hydrogen-bond acceptors (Lipinski definition) is 7. The number of anilines is 2. The van der Waals surface area contributed by atoms with Gasteiger partial charge in [0, 0.05) is 23.6 Å². The Balaban J connectivity index is 1.42. The zero-order valence-electron chi connectivity index (χ0n) is 11.4. The first kappa shape index (κ1) is 14.4. The van der Waals surface area contributed by atoms with Crippen molar-refractivity contribution in [3.8, 4) is 0 Å². The van der Waals surface area contributed by atoms with Gasteiger partial charge in [0.1, 0.15) is 11.8 Å². The average Bonchev–Trinajstić information content (AvgIpc) is 3.13. The maximum Gasteiger partial charge on any atom is 0.746 e. The van der Waals surface area contributed by atoms with Crippen molar-refractivity contribution >= 4 is 43.2 Å². The van der Waals surface area contributed by atoms with Gasteiger partial charge in [-0.15, -0.1) is 0 Å². The molecule has 0 bridgehead atoms. The van der Waals surface area contributed by atoms with Crippen molar-refractivity contribution in [2.24, 2.45) is 0 Å². The van der Waals surface area contributed by atoms with Crippen LogP contribution in [0.3, 0.4) is 0 Å². The first-order valence-electron chi connectivity index (χ1n) is 6.63. The van der Waals surface area contributed by atoms with E-state index in [9.17, 15) is 4.57 Å². The third-order valence-corrected chi connectivity index (χ3v) is 5.97. The number of hydroxylamine groups is 2. The lowest BCUT2D eigenvalue weighted by Gasteiger charge is -2.11. The van der Waals surface area contributed by atoms with E-state index in [-0.39, 0.29) is 0 Å². The molecular formula is C14H12N2O3PS2+.